The Hall–Kier alpha value is -3.10. The molecule has 1 aromatic carbocycles. The van der Waals surface area contributed by atoms with Gasteiger partial charge in [0.2, 0.25) is 5.88 Å². The molecule has 0 aliphatic heterocycles. The molecule has 1 unspecified atom stereocenters. The number of carbonyl (C=O) groups is 2. The Morgan fingerprint density at radius 3 is 2.39 bits per heavy atom. The molecule has 1 atom stereocenters. The summed E-state index contributed by atoms with van der Waals surface area (Å²) in [5.41, 5.74) is 0.917. The first kappa shape index (κ1) is 21.2. The van der Waals surface area contributed by atoms with Crippen molar-refractivity contribution in [2.45, 2.75) is 25.7 Å². The summed E-state index contributed by atoms with van der Waals surface area (Å²) in [4.78, 5) is 29.5. The standard InChI is InChI=1S/C19H19F3N2O4/c1-13(17(25)24(2)11-14-6-4-3-5-7-14)28-18(26)15-8-9-16(23-10-15)27-12-19(20,21)22/h3-10,13H,11-12H2,1-2H3. The Balaban J connectivity index is 1.89. The van der Waals surface area contributed by atoms with Crippen LogP contribution in [0.25, 0.3) is 0 Å². The second-order valence-electron chi connectivity index (χ2n) is 6.02. The van der Waals surface area contributed by atoms with Crippen LogP contribution in [0, 0.1) is 0 Å². The van der Waals surface area contributed by atoms with Gasteiger partial charge >= 0.3 is 12.1 Å². The topological polar surface area (TPSA) is 68.7 Å². The number of rotatable bonds is 7. The van der Waals surface area contributed by atoms with Crippen molar-refractivity contribution in [3.63, 3.8) is 0 Å². The lowest BCUT2D eigenvalue weighted by atomic mass is 10.2. The van der Waals surface area contributed by atoms with Gasteiger partial charge in [0.05, 0.1) is 5.56 Å². The second-order valence-corrected chi connectivity index (χ2v) is 6.02. The van der Waals surface area contributed by atoms with Crippen LogP contribution in [0.5, 0.6) is 5.88 Å². The van der Waals surface area contributed by atoms with Gasteiger partial charge in [-0.25, -0.2) is 9.78 Å². The smallest absolute Gasteiger partial charge is 0.422 e. The van der Waals surface area contributed by atoms with E-state index in [0.717, 1.165) is 17.8 Å². The number of benzene rings is 1. The molecule has 0 aliphatic carbocycles. The van der Waals surface area contributed by atoms with E-state index in [-0.39, 0.29) is 11.4 Å². The van der Waals surface area contributed by atoms with Gasteiger partial charge in [0, 0.05) is 25.9 Å². The number of ether oxygens (including phenoxy) is 2. The number of amides is 1. The van der Waals surface area contributed by atoms with E-state index >= 15 is 0 Å². The maximum absolute atomic E-state index is 12.4. The number of hydrogen-bond donors (Lipinski definition) is 0. The van der Waals surface area contributed by atoms with Gasteiger partial charge in [0.15, 0.2) is 12.7 Å². The highest BCUT2D eigenvalue weighted by Crippen LogP contribution is 2.17. The lowest BCUT2D eigenvalue weighted by molar-refractivity contribution is -0.154. The molecular weight excluding hydrogens is 377 g/mol. The Morgan fingerprint density at radius 2 is 1.82 bits per heavy atom. The summed E-state index contributed by atoms with van der Waals surface area (Å²) in [7, 11) is 1.59. The molecule has 150 valence electrons. The van der Waals surface area contributed by atoms with Crippen molar-refractivity contribution in [2.24, 2.45) is 0 Å². The first-order chi connectivity index (χ1) is 13.2. The lowest BCUT2D eigenvalue weighted by Crippen LogP contribution is -2.37. The second kappa shape index (κ2) is 9.20. The molecule has 0 radical (unpaired) electrons. The molecule has 0 spiro atoms. The first-order valence-electron chi connectivity index (χ1n) is 8.31. The fourth-order valence-corrected chi connectivity index (χ4v) is 2.27. The van der Waals surface area contributed by atoms with Gasteiger partial charge in [-0.3, -0.25) is 4.79 Å². The van der Waals surface area contributed by atoms with E-state index in [9.17, 15) is 22.8 Å². The molecule has 6 nitrogen and oxygen atoms in total. The highest BCUT2D eigenvalue weighted by molar-refractivity contribution is 5.91. The summed E-state index contributed by atoms with van der Waals surface area (Å²) < 4.78 is 45.9. The van der Waals surface area contributed by atoms with Crippen LogP contribution in [0.1, 0.15) is 22.8 Å². The van der Waals surface area contributed by atoms with Crippen molar-refractivity contribution in [2.75, 3.05) is 13.7 Å². The zero-order chi connectivity index (χ0) is 20.7. The van der Waals surface area contributed by atoms with E-state index < -0.39 is 30.8 Å². The Kier molecular flexibility index (Phi) is 6.97. The van der Waals surface area contributed by atoms with Crippen LogP contribution in [0.3, 0.4) is 0 Å². The fraction of sp³-hybridized carbons (Fsp3) is 0.316. The molecule has 0 fully saturated rings. The molecule has 2 rings (SSSR count). The highest BCUT2D eigenvalue weighted by Gasteiger charge is 2.28. The third-order valence-corrected chi connectivity index (χ3v) is 3.63. The number of esters is 1. The van der Waals surface area contributed by atoms with E-state index in [1.165, 1.54) is 17.9 Å². The Morgan fingerprint density at radius 1 is 1.14 bits per heavy atom. The first-order valence-corrected chi connectivity index (χ1v) is 8.31. The minimum atomic E-state index is -4.49. The van der Waals surface area contributed by atoms with Crippen LogP contribution < -0.4 is 4.74 Å². The maximum Gasteiger partial charge on any atom is 0.422 e. The third-order valence-electron chi connectivity index (χ3n) is 3.63. The van der Waals surface area contributed by atoms with E-state index in [2.05, 4.69) is 9.72 Å². The average molecular weight is 396 g/mol. The molecule has 2 aromatic rings. The highest BCUT2D eigenvalue weighted by atomic mass is 19.4. The van der Waals surface area contributed by atoms with E-state index in [1.54, 1.807) is 7.05 Å². The monoisotopic (exact) mass is 396 g/mol. The number of halogens is 3. The van der Waals surface area contributed by atoms with Gasteiger partial charge in [-0.05, 0) is 18.6 Å². The van der Waals surface area contributed by atoms with Gasteiger partial charge in [-0.15, -0.1) is 0 Å². The molecule has 0 bridgehead atoms. The van der Waals surface area contributed by atoms with Crippen molar-refractivity contribution >= 4 is 11.9 Å². The molecule has 1 amide bonds. The van der Waals surface area contributed by atoms with Crippen molar-refractivity contribution in [3.05, 3.63) is 59.8 Å². The number of carbonyl (C=O) groups excluding carboxylic acids is 2. The van der Waals surface area contributed by atoms with Gasteiger partial charge in [-0.1, -0.05) is 30.3 Å². The summed E-state index contributed by atoms with van der Waals surface area (Å²) in [6, 6.07) is 11.6. The van der Waals surface area contributed by atoms with Gasteiger partial charge in [-0.2, -0.15) is 13.2 Å². The van der Waals surface area contributed by atoms with Crippen molar-refractivity contribution in [1.82, 2.24) is 9.88 Å². The van der Waals surface area contributed by atoms with Crippen LogP contribution in [0.4, 0.5) is 13.2 Å². The van der Waals surface area contributed by atoms with Gasteiger partial charge < -0.3 is 14.4 Å². The van der Waals surface area contributed by atoms with Crippen LogP contribution in [-0.2, 0) is 16.1 Å². The SMILES string of the molecule is CC(OC(=O)c1ccc(OCC(F)(F)F)nc1)C(=O)N(C)Cc1ccccc1. The van der Waals surface area contributed by atoms with Crippen LogP contribution in [0.15, 0.2) is 48.7 Å². The number of pyridine rings is 1. The zero-order valence-corrected chi connectivity index (χ0v) is 15.3. The van der Waals surface area contributed by atoms with Crippen LogP contribution >= 0.6 is 0 Å². The predicted octanol–water partition coefficient (Wildman–Crippen LogP) is 3.23. The quantitative estimate of drug-likeness (QED) is 0.673. The predicted molar refractivity (Wildman–Crippen MR) is 93.6 cm³/mol. The molecule has 1 aromatic heterocycles. The zero-order valence-electron chi connectivity index (χ0n) is 15.3. The van der Waals surface area contributed by atoms with Crippen LogP contribution in [0.2, 0.25) is 0 Å². The minimum absolute atomic E-state index is 0.00952. The normalized spacial score (nSPS) is 12.2. The van der Waals surface area contributed by atoms with Crippen molar-refractivity contribution < 1.29 is 32.2 Å². The molecule has 0 aliphatic rings. The molecule has 1 heterocycles. The lowest BCUT2D eigenvalue weighted by Gasteiger charge is -2.21. The number of alkyl halides is 3. The molecular formula is C19H19F3N2O4. The van der Waals surface area contributed by atoms with Gasteiger partial charge in [0.1, 0.15) is 0 Å². The van der Waals surface area contributed by atoms with Crippen LogP contribution in [-0.4, -0.2) is 47.7 Å². The number of aromatic nitrogens is 1. The summed E-state index contributed by atoms with van der Waals surface area (Å²) in [6.45, 7) is 0.313. The number of hydrogen-bond acceptors (Lipinski definition) is 5. The molecule has 0 saturated carbocycles. The summed E-state index contributed by atoms with van der Waals surface area (Å²) in [5.74, 6) is -1.49. The Bertz CT molecular complexity index is 795. The summed E-state index contributed by atoms with van der Waals surface area (Å²) >= 11 is 0. The Labute approximate surface area is 159 Å². The largest absolute Gasteiger partial charge is 0.468 e. The van der Waals surface area contributed by atoms with E-state index in [1.807, 2.05) is 30.3 Å². The molecule has 0 N–H and O–H groups in total. The van der Waals surface area contributed by atoms with E-state index in [4.69, 9.17) is 4.74 Å². The summed E-state index contributed by atoms with van der Waals surface area (Å²) in [5, 5.41) is 0. The fourth-order valence-electron chi connectivity index (χ4n) is 2.27. The summed E-state index contributed by atoms with van der Waals surface area (Å²) in [6.07, 6.45) is -4.50. The minimum Gasteiger partial charge on any atom is -0.468 e. The van der Waals surface area contributed by atoms with Crippen molar-refractivity contribution in [1.29, 1.82) is 0 Å². The molecule has 0 saturated heterocycles. The maximum atomic E-state index is 12.4. The molecule has 28 heavy (non-hydrogen) atoms. The average Bonchev–Trinajstić information content (AvgIpc) is 2.66. The van der Waals surface area contributed by atoms with Gasteiger partial charge in [0.25, 0.3) is 5.91 Å². The number of likely N-dealkylation sites (N-methyl/N-ethyl adjacent to an activating group) is 1. The van der Waals surface area contributed by atoms with E-state index in [0.29, 0.717) is 6.54 Å². The van der Waals surface area contributed by atoms with Crippen molar-refractivity contribution in [3.8, 4) is 5.88 Å². The molecule has 9 heteroatoms. The third kappa shape index (κ3) is 6.57. The number of nitrogens with zero attached hydrogens (tertiary/aromatic N) is 2.